The Kier molecular flexibility index (Phi) is 4.74. The summed E-state index contributed by atoms with van der Waals surface area (Å²) < 4.78 is 0. The molecule has 1 aliphatic heterocycles. The highest BCUT2D eigenvalue weighted by Gasteiger charge is 2.32. The van der Waals surface area contributed by atoms with E-state index in [1.807, 2.05) is 13.8 Å². The molecule has 1 fully saturated rings. The Morgan fingerprint density at radius 1 is 1.56 bits per heavy atom. The molecule has 1 rings (SSSR count). The zero-order valence-corrected chi connectivity index (χ0v) is 10.5. The fraction of sp³-hybridized carbons (Fsp3) is 0.917. The number of carbonyl (C=O) groups is 1. The minimum absolute atomic E-state index is 0.0394. The van der Waals surface area contributed by atoms with Crippen LogP contribution in [-0.2, 0) is 4.79 Å². The van der Waals surface area contributed by atoms with E-state index in [9.17, 15) is 9.90 Å². The molecule has 0 spiro atoms. The second-order valence-electron chi connectivity index (χ2n) is 4.98. The SMILES string of the molecule is CCC(C)C(N)C(=O)N1CCC(C(C)O)C1. The first-order valence-corrected chi connectivity index (χ1v) is 6.19. The van der Waals surface area contributed by atoms with Gasteiger partial charge in [-0.1, -0.05) is 20.3 Å². The molecule has 0 aromatic carbocycles. The van der Waals surface area contributed by atoms with Gasteiger partial charge in [0, 0.05) is 19.0 Å². The Balaban J connectivity index is 2.50. The molecule has 1 amide bonds. The molecule has 4 unspecified atom stereocenters. The molecule has 3 N–H and O–H groups in total. The van der Waals surface area contributed by atoms with Crippen LogP contribution >= 0.6 is 0 Å². The van der Waals surface area contributed by atoms with Gasteiger partial charge < -0.3 is 15.7 Å². The number of nitrogens with zero attached hydrogens (tertiary/aromatic N) is 1. The van der Waals surface area contributed by atoms with E-state index in [1.165, 1.54) is 0 Å². The second kappa shape index (κ2) is 5.64. The third kappa shape index (κ3) is 2.95. The number of nitrogens with two attached hydrogens (primary N) is 1. The smallest absolute Gasteiger partial charge is 0.239 e. The van der Waals surface area contributed by atoms with Crippen molar-refractivity contribution < 1.29 is 9.90 Å². The maximum Gasteiger partial charge on any atom is 0.239 e. The monoisotopic (exact) mass is 228 g/mol. The predicted molar refractivity (Wildman–Crippen MR) is 63.8 cm³/mol. The molecule has 0 bridgehead atoms. The molecule has 16 heavy (non-hydrogen) atoms. The van der Waals surface area contributed by atoms with Crippen molar-refractivity contribution in [1.82, 2.24) is 4.90 Å². The van der Waals surface area contributed by atoms with Crippen molar-refractivity contribution in [2.24, 2.45) is 17.6 Å². The van der Waals surface area contributed by atoms with E-state index in [4.69, 9.17) is 5.73 Å². The van der Waals surface area contributed by atoms with Gasteiger partial charge in [0.05, 0.1) is 12.1 Å². The number of amides is 1. The molecule has 4 heteroatoms. The minimum atomic E-state index is -0.391. The van der Waals surface area contributed by atoms with Gasteiger partial charge in [-0.15, -0.1) is 0 Å². The van der Waals surface area contributed by atoms with Crippen LogP contribution in [0, 0.1) is 11.8 Å². The lowest BCUT2D eigenvalue weighted by molar-refractivity contribution is -0.132. The zero-order chi connectivity index (χ0) is 12.3. The molecule has 94 valence electrons. The summed E-state index contributed by atoms with van der Waals surface area (Å²) in [5, 5.41) is 9.48. The Labute approximate surface area is 97.8 Å². The first-order chi connectivity index (χ1) is 7.47. The van der Waals surface area contributed by atoms with Crippen LogP contribution in [0.4, 0.5) is 0 Å². The fourth-order valence-electron chi connectivity index (χ4n) is 2.09. The first-order valence-electron chi connectivity index (χ1n) is 6.19. The number of carbonyl (C=O) groups excluding carboxylic acids is 1. The predicted octanol–water partition coefficient (Wildman–Crippen LogP) is 0.589. The van der Waals surface area contributed by atoms with Crippen molar-refractivity contribution in [3.8, 4) is 0 Å². The van der Waals surface area contributed by atoms with Gasteiger partial charge in [-0.2, -0.15) is 0 Å². The van der Waals surface area contributed by atoms with Gasteiger partial charge in [-0.05, 0) is 19.3 Å². The summed E-state index contributed by atoms with van der Waals surface area (Å²) in [5.41, 5.74) is 5.92. The largest absolute Gasteiger partial charge is 0.393 e. The number of rotatable bonds is 4. The topological polar surface area (TPSA) is 66.6 Å². The third-order valence-electron chi connectivity index (χ3n) is 3.76. The van der Waals surface area contributed by atoms with Crippen LogP contribution in [-0.4, -0.2) is 41.1 Å². The molecule has 4 atom stereocenters. The van der Waals surface area contributed by atoms with Crippen LogP contribution in [0.25, 0.3) is 0 Å². The Bertz CT molecular complexity index is 243. The number of aliphatic hydroxyl groups excluding tert-OH is 1. The van der Waals surface area contributed by atoms with Crippen LogP contribution in [0.15, 0.2) is 0 Å². The molecule has 1 aliphatic rings. The number of hydrogen-bond acceptors (Lipinski definition) is 3. The molecule has 4 nitrogen and oxygen atoms in total. The van der Waals surface area contributed by atoms with Crippen molar-refractivity contribution in [3.63, 3.8) is 0 Å². The first kappa shape index (κ1) is 13.5. The van der Waals surface area contributed by atoms with Crippen LogP contribution in [0.1, 0.15) is 33.6 Å². The third-order valence-corrected chi connectivity index (χ3v) is 3.76. The normalized spacial score (nSPS) is 26.6. The Morgan fingerprint density at radius 2 is 2.19 bits per heavy atom. The van der Waals surface area contributed by atoms with Gasteiger partial charge in [-0.25, -0.2) is 0 Å². The van der Waals surface area contributed by atoms with E-state index in [-0.39, 0.29) is 23.8 Å². The lowest BCUT2D eigenvalue weighted by atomic mass is 9.99. The molecule has 0 saturated carbocycles. The number of hydrogen-bond donors (Lipinski definition) is 2. The second-order valence-corrected chi connectivity index (χ2v) is 4.98. The average molecular weight is 228 g/mol. The quantitative estimate of drug-likeness (QED) is 0.740. The molecular formula is C12H24N2O2. The molecule has 0 radical (unpaired) electrons. The highest BCUT2D eigenvalue weighted by Crippen LogP contribution is 2.21. The van der Waals surface area contributed by atoms with Crippen LogP contribution in [0.5, 0.6) is 0 Å². The van der Waals surface area contributed by atoms with E-state index < -0.39 is 6.04 Å². The summed E-state index contributed by atoms with van der Waals surface area (Å²) in [6.45, 7) is 7.22. The standard InChI is InChI=1S/C12H24N2O2/c1-4-8(2)11(13)12(16)14-6-5-10(7-14)9(3)15/h8-11,15H,4-7,13H2,1-3H3. The summed E-state index contributed by atoms with van der Waals surface area (Å²) in [7, 11) is 0. The summed E-state index contributed by atoms with van der Waals surface area (Å²) in [6, 6.07) is -0.391. The molecule has 1 saturated heterocycles. The van der Waals surface area contributed by atoms with Gasteiger partial charge in [0.1, 0.15) is 0 Å². The van der Waals surface area contributed by atoms with E-state index in [0.29, 0.717) is 6.54 Å². The van der Waals surface area contributed by atoms with Crippen LogP contribution in [0.3, 0.4) is 0 Å². The van der Waals surface area contributed by atoms with E-state index >= 15 is 0 Å². The maximum absolute atomic E-state index is 12.0. The lowest BCUT2D eigenvalue weighted by Gasteiger charge is -2.24. The van der Waals surface area contributed by atoms with Crippen molar-refractivity contribution in [2.75, 3.05) is 13.1 Å². The van der Waals surface area contributed by atoms with Crippen molar-refractivity contribution >= 4 is 5.91 Å². The zero-order valence-electron chi connectivity index (χ0n) is 10.5. The number of aliphatic hydroxyl groups is 1. The highest BCUT2D eigenvalue weighted by atomic mass is 16.3. The van der Waals surface area contributed by atoms with Crippen molar-refractivity contribution in [3.05, 3.63) is 0 Å². The summed E-state index contributed by atoms with van der Waals surface area (Å²) in [6.07, 6.45) is 1.47. The highest BCUT2D eigenvalue weighted by molar-refractivity contribution is 5.82. The molecule has 0 aromatic rings. The van der Waals surface area contributed by atoms with Gasteiger partial charge >= 0.3 is 0 Å². The summed E-state index contributed by atoms with van der Waals surface area (Å²) >= 11 is 0. The fourth-order valence-corrected chi connectivity index (χ4v) is 2.09. The van der Waals surface area contributed by atoms with Crippen LogP contribution < -0.4 is 5.73 Å². The van der Waals surface area contributed by atoms with Crippen molar-refractivity contribution in [1.29, 1.82) is 0 Å². The van der Waals surface area contributed by atoms with Gasteiger partial charge in [0.25, 0.3) is 0 Å². The number of likely N-dealkylation sites (tertiary alicyclic amines) is 1. The Hall–Kier alpha value is -0.610. The van der Waals surface area contributed by atoms with Gasteiger partial charge in [0.2, 0.25) is 5.91 Å². The van der Waals surface area contributed by atoms with Gasteiger partial charge in [0.15, 0.2) is 0 Å². The van der Waals surface area contributed by atoms with Gasteiger partial charge in [-0.3, -0.25) is 4.79 Å². The van der Waals surface area contributed by atoms with E-state index in [0.717, 1.165) is 19.4 Å². The maximum atomic E-state index is 12.0. The molecule has 0 aromatic heterocycles. The molecular weight excluding hydrogens is 204 g/mol. The Morgan fingerprint density at radius 3 is 2.62 bits per heavy atom. The van der Waals surface area contributed by atoms with E-state index in [2.05, 4.69) is 0 Å². The summed E-state index contributed by atoms with van der Waals surface area (Å²) in [5.74, 6) is 0.476. The lowest BCUT2D eigenvalue weighted by Crippen LogP contribution is -2.46. The summed E-state index contributed by atoms with van der Waals surface area (Å²) in [4.78, 5) is 13.8. The van der Waals surface area contributed by atoms with E-state index in [1.54, 1.807) is 11.8 Å². The minimum Gasteiger partial charge on any atom is -0.393 e. The van der Waals surface area contributed by atoms with Crippen molar-refractivity contribution in [2.45, 2.75) is 45.8 Å². The average Bonchev–Trinajstić information content (AvgIpc) is 2.75. The van der Waals surface area contributed by atoms with Crippen LogP contribution in [0.2, 0.25) is 0 Å². The molecule has 1 heterocycles. The molecule has 0 aliphatic carbocycles.